The van der Waals surface area contributed by atoms with Gasteiger partial charge in [-0.3, -0.25) is 4.79 Å². The number of amides is 1. The Morgan fingerprint density at radius 3 is 3.00 bits per heavy atom. The highest BCUT2D eigenvalue weighted by molar-refractivity contribution is 6.04. The fourth-order valence-electron chi connectivity index (χ4n) is 2.09. The molecule has 0 aliphatic rings. The average Bonchev–Trinajstić information content (AvgIpc) is 3.20. The monoisotopic (exact) mass is 297 g/mol. The minimum Gasteiger partial charge on any atom is -0.302 e. The van der Waals surface area contributed by atoms with Gasteiger partial charge in [0.2, 0.25) is 5.82 Å². The molecule has 7 heteroatoms. The molecule has 112 valence electrons. The first-order valence-corrected chi connectivity index (χ1v) is 7.01. The van der Waals surface area contributed by atoms with Crippen LogP contribution >= 0.6 is 0 Å². The number of rotatable bonds is 5. The summed E-state index contributed by atoms with van der Waals surface area (Å²) in [6, 6.07) is 9.00. The summed E-state index contributed by atoms with van der Waals surface area (Å²) in [5, 5.41) is 14.4. The second-order valence-electron chi connectivity index (χ2n) is 4.76. The third-order valence-corrected chi connectivity index (χ3v) is 3.15. The van der Waals surface area contributed by atoms with E-state index in [4.69, 9.17) is 0 Å². The maximum atomic E-state index is 12.3. The second kappa shape index (κ2) is 6.21. The largest absolute Gasteiger partial charge is 0.302 e. The molecule has 0 fully saturated rings. The van der Waals surface area contributed by atoms with Crippen molar-refractivity contribution in [2.24, 2.45) is 0 Å². The molecular weight excluding hydrogens is 282 g/mol. The predicted molar refractivity (Wildman–Crippen MR) is 79.8 cm³/mol. The van der Waals surface area contributed by atoms with E-state index in [0.717, 1.165) is 12.1 Å². The smallest absolute Gasteiger partial charge is 0.257 e. The molecule has 0 unspecified atom stereocenters. The lowest BCUT2D eigenvalue weighted by Crippen LogP contribution is -2.14. The van der Waals surface area contributed by atoms with E-state index in [2.05, 4.69) is 25.4 Å². The summed E-state index contributed by atoms with van der Waals surface area (Å²) < 4.78 is 6.38. The van der Waals surface area contributed by atoms with Crippen LogP contribution in [0.15, 0.2) is 47.4 Å². The maximum Gasteiger partial charge on any atom is 0.257 e. The number of hydrogen-bond acceptors (Lipinski definition) is 5. The van der Waals surface area contributed by atoms with Crippen molar-refractivity contribution in [3.63, 3.8) is 0 Å². The van der Waals surface area contributed by atoms with Crippen molar-refractivity contribution >= 4 is 11.7 Å². The van der Waals surface area contributed by atoms with Crippen molar-refractivity contribution in [1.82, 2.24) is 20.1 Å². The molecule has 22 heavy (non-hydrogen) atoms. The molecule has 2 aromatic heterocycles. The summed E-state index contributed by atoms with van der Waals surface area (Å²) in [6.07, 6.45) is 5.10. The van der Waals surface area contributed by atoms with Gasteiger partial charge in [-0.2, -0.15) is 5.10 Å². The standard InChI is InChI=1S/C15H15N5O2/c1-2-5-13-14(19-22-18-13)17-15(21)11-6-3-7-12(10-11)20-9-4-8-16-20/h3-4,6-10H,2,5H2,1H3,(H,17,19,21). The molecule has 1 amide bonds. The van der Waals surface area contributed by atoms with E-state index in [1.165, 1.54) is 0 Å². The number of aromatic nitrogens is 4. The third kappa shape index (κ3) is 2.88. The minimum atomic E-state index is -0.262. The van der Waals surface area contributed by atoms with Crippen LogP contribution in [0, 0.1) is 0 Å². The minimum absolute atomic E-state index is 0.262. The van der Waals surface area contributed by atoms with E-state index in [1.807, 2.05) is 25.3 Å². The first-order valence-electron chi connectivity index (χ1n) is 7.01. The normalized spacial score (nSPS) is 10.6. The molecule has 0 spiro atoms. The molecule has 0 saturated carbocycles. The number of aryl methyl sites for hydroxylation is 1. The van der Waals surface area contributed by atoms with Crippen molar-refractivity contribution in [2.75, 3.05) is 5.32 Å². The fraction of sp³-hybridized carbons (Fsp3) is 0.200. The number of carbonyl (C=O) groups excluding carboxylic acids is 1. The van der Waals surface area contributed by atoms with Crippen molar-refractivity contribution in [3.05, 3.63) is 54.0 Å². The van der Waals surface area contributed by atoms with Gasteiger partial charge in [0.15, 0.2) is 0 Å². The van der Waals surface area contributed by atoms with Gasteiger partial charge in [0.1, 0.15) is 5.69 Å². The maximum absolute atomic E-state index is 12.3. The first-order chi connectivity index (χ1) is 10.8. The van der Waals surface area contributed by atoms with Gasteiger partial charge >= 0.3 is 0 Å². The second-order valence-corrected chi connectivity index (χ2v) is 4.76. The molecule has 1 aromatic carbocycles. The number of nitrogens with zero attached hydrogens (tertiary/aromatic N) is 4. The zero-order chi connectivity index (χ0) is 15.4. The Bertz CT molecular complexity index is 764. The van der Waals surface area contributed by atoms with Crippen LogP contribution in [0.25, 0.3) is 5.69 Å². The predicted octanol–water partition coefficient (Wildman–Crippen LogP) is 2.46. The van der Waals surface area contributed by atoms with Crippen LogP contribution in [-0.4, -0.2) is 26.0 Å². The molecule has 7 nitrogen and oxygen atoms in total. The van der Waals surface area contributed by atoms with Crippen molar-refractivity contribution in [3.8, 4) is 5.69 Å². The van der Waals surface area contributed by atoms with Crippen molar-refractivity contribution < 1.29 is 9.42 Å². The number of anilines is 1. The summed E-state index contributed by atoms with van der Waals surface area (Å²) in [5.74, 6) is 0.110. The average molecular weight is 297 g/mol. The van der Waals surface area contributed by atoms with E-state index in [9.17, 15) is 4.79 Å². The van der Waals surface area contributed by atoms with Gasteiger partial charge in [-0.05, 0) is 35.8 Å². The first kappa shape index (κ1) is 14.0. The molecule has 0 radical (unpaired) electrons. The molecule has 3 aromatic rings. The van der Waals surface area contributed by atoms with Crippen LogP contribution in [0.5, 0.6) is 0 Å². The lowest BCUT2D eigenvalue weighted by Gasteiger charge is -2.06. The SMILES string of the molecule is CCCc1nonc1NC(=O)c1cccc(-n2cccn2)c1. The fourth-order valence-corrected chi connectivity index (χ4v) is 2.09. The Morgan fingerprint density at radius 2 is 2.23 bits per heavy atom. The zero-order valence-corrected chi connectivity index (χ0v) is 12.1. The molecule has 0 aliphatic heterocycles. The van der Waals surface area contributed by atoms with E-state index in [0.29, 0.717) is 23.5 Å². The Kier molecular flexibility index (Phi) is 3.95. The molecule has 0 aliphatic carbocycles. The van der Waals surface area contributed by atoms with Crippen LogP contribution in [0.4, 0.5) is 5.82 Å². The zero-order valence-electron chi connectivity index (χ0n) is 12.1. The highest BCUT2D eigenvalue weighted by Crippen LogP contribution is 2.15. The summed E-state index contributed by atoms with van der Waals surface area (Å²) in [5.41, 5.74) is 1.97. The Hall–Kier alpha value is -2.96. The van der Waals surface area contributed by atoms with Crippen LogP contribution in [-0.2, 0) is 6.42 Å². The van der Waals surface area contributed by atoms with Crippen LogP contribution in [0.3, 0.4) is 0 Å². The quantitative estimate of drug-likeness (QED) is 0.781. The van der Waals surface area contributed by atoms with Gasteiger partial charge in [0.05, 0.1) is 5.69 Å². The van der Waals surface area contributed by atoms with E-state index < -0.39 is 0 Å². The molecule has 2 heterocycles. The molecule has 0 bridgehead atoms. The number of nitrogens with one attached hydrogen (secondary N) is 1. The van der Waals surface area contributed by atoms with Crippen LogP contribution in [0.1, 0.15) is 29.4 Å². The van der Waals surface area contributed by atoms with Gasteiger partial charge in [-0.15, -0.1) is 0 Å². The Balaban J connectivity index is 1.80. The Labute approximate surface area is 126 Å². The highest BCUT2D eigenvalue weighted by Gasteiger charge is 2.14. The lowest BCUT2D eigenvalue weighted by atomic mass is 10.2. The molecule has 0 saturated heterocycles. The van der Waals surface area contributed by atoms with Gasteiger partial charge in [0.25, 0.3) is 5.91 Å². The number of hydrogen-bond donors (Lipinski definition) is 1. The van der Waals surface area contributed by atoms with Crippen molar-refractivity contribution in [1.29, 1.82) is 0 Å². The third-order valence-electron chi connectivity index (χ3n) is 3.15. The van der Waals surface area contributed by atoms with Gasteiger partial charge in [0, 0.05) is 18.0 Å². The van der Waals surface area contributed by atoms with E-state index >= 15 is 0 Å². The number of benzene rings is 1. The van der Waals surface area contributed by atoms with Crippen LogP contribution < -0.4 is 5.32 Å². The summed E-state index contributed by atoms with van der Waals surface area (Å²) in [7, 11) is 0. The van der Waals surface area contributed by atoms with E-state index in [-0.39, 0.29) is 5.91 Å². The molecule has 0 atom stereocenters. The van der Waals surface area contributed by atoms with E-state index in [1.54, 1.807) is 29.1 Å². The number of carbonyl (C=O) groups is 1. The van der Waals surface area contributed by atoms with Crippen molar-refractivity contribution in [2.45, 2.75) is 19.8 Å². The molecular formula is C15H15N5O2. The topological polar surface area (TPSA) is 85.8 Å². The molecule has 3 rings (SSSR count). The summed E-state index contributed by atoms with van der Waals surface area (Å²) >= 11 is 0. The van der Waals surface area contributed by atoms with Crippen LogP contribution in [0.2, 0.25) is 0 Å². The Morgan fingerprint density at radius 1 is 1.32 bits per heavy atom. The summed E-state index contributed by atoms with van der Waals surface area (Å²) in [4.78, 5) is 12.3. The highest BCUT2D eigenvalue weighted by atomic mass is 16.6. The lowest BCUT2D eigenvalue weighted by molar-refractivity contribution is 0.102. The van der Waals surface area contributed by atoms with Gasteiger partial charge < -0.3 is 5.32 Å². The summed E-state index contributed by atoms with van der Waals surface area (Å²) in [6.45, 7) is 2.02. The molecule has 1 N–H and O–H groups in total. The van der Waals surface area contributed by atoms with Gasteiger partial charge in [-0.25, -0.2) is 9.31 Å². The van der Waals surface area contributed by atoms with Gasteiger partial charge in [-0.1, -0.05) is 24.6 Å².